The van der Waals surface area contributed by atoms with Crippen LogP contribution < -0.4 is 5.14 Å². The fraction of sp³-hybridized carbons (Fsp3) is 0.118. The zero-order valence-electron chi connectivity index (χ0n) is 14.4. The van der Waals surface area contributed by atoms with Crippen LogP contribution >= 0.6 is 23.2 Å². The number of sulfonamides is 1. The fourth-order valence-electron chi connectivity index (χ4n) is 2.46. The first kappa shape index (κ1) is 19.5. The van der Waals surface area contributed by atoms with Crippen molar-refractivity contribution in [3.05, 3.63) is 63.9 Å². The highest BCUT2D eigenvalue weighted by Crippen LogP contribution is 2.30. The van der Waals surface area contributed by atoms with Crippen LogP contribution in [-0.2, 0) is 10.0 Å². The topological polar surface area (TPSA) is 103 Å². The number of hydrogen-bond acceptors (Lipinski definition) is 5. The predicted molar refractivity (Wildman–Crippen MR) is 105 cm³/mol. The molecule has 2 aromatic carbocycles. The molecule has 0 spiro atoms. The predicted octanol–water partition coefficient (Wildman–Crippen LogP) is 4.86. The monoisotopic (exact) mass is 423 g/mol. The molecule has 140 valence electrons. The molecule has 27 heavy (non-hydrogen) atoms. The van der Waals surface area contributed by atoms with Crippen LogP contribution in [-0.4, -0.2) is 18.2 Å². The average Bonchev–Trinajstić information content (AvgIpc) is 2.89. The van der Waals surface area contributed by atoms with E-state index in [9.17, 15) is 8.42 Å². The van der Waals surface area contributed by atoms with E-state index in [4.69, 9.17) is 28.3 Å². The summed E-state index contributed by atoms with van der Waals surface area (Å²) in [4.78, 5) is 0.0150. The van der Waals surface area contributed by atoms with Gasteiger partial charge < -0.3 is 0 Å². The SMILES string of the molecule is Cc1nn(-c2ccc(Cl)c(Cl)c2)c(C)c1N=Nc1ccc(S(N)(=O)=O)cc1. The minimum absolute atomic E-state index is 0.0150. The van der Waals surface area contributed by atoms with Crippen molar-refractivity contribution >= 4 is 44.6 Å². The molecule has 0 fully saturated rings. The molecule has 1 aromatic heterocycles. The van der Waals surface area contributed by atoms with Crippen molar-refractivity contribution in [1.82, 2.24) is 9.78 Å². The van der Waals surface area contributed by atoms with Crippen molar-refractivity contribution in [2.75, 3.05) is 0 Å². The van der Waals surface area contributed by atoms with E-state index in [1.807, 2.05) is 13.8 Å². The fourth-order valence-corrected chi connectivity index (χ4v) is 3.27. The second kappa shape index (κ2) is 7.40. The van der Waals surface area contributed by atoms with Gasteiger partial charge in [-0.1, -0.05) is 23.2 Å². The van der Waals surface area contributed by atoms with Crippen molar-refractivity contribution in [3.63, 3.8) is 0 Å². The Morgan fingerprint density at radius 2 is 1.67 bits per heavy atom. The molecule has 7 nitrogen and oxygen atoms in total. The van der Waals surface area contributed by atoms with Crippen LogP contribution in [0.3, 0.4) is 0 Å². The van der Waals surface area contributed by atoms with Gasteiger partial charge in [-0.25, -0.2) is 18.2 Å². The minimum Gasteiger partial charge on any atom is -0.235 e. The van der Waals surface area contributed by atoms with Crippen LogP contribution in [0.4, 0.5) is 11.4 Å². The van der Waals surface area contributed by atoms with Crippen LogP contribution in [0.15, 0.2) is 57.6 Å². The molecule has 3 rings (SSSR count). The van der Waals surface area contributed by atoms with E-state index in [-0.39, 0.29) is 4.90 Å². The van der Waals surface area contributed by atoms with Gasteiger partial charge in [0.25, 0.3) is 0 Å². The third-order valence-electron chi connectivity index (χ3n) is 3.83. The third-order valence-corrected chi connectivity index (χ3v) is 5.50. The molecule has 0 amide bonds. The first-order chi connectivity index (χ1) is 12.7. The van der Waals surface area contributed by atoms with Crippen LogP contribution in [0.1, 0.15) is 11.4 Å². The number of aromatic nitrogens is 2. The summed E-state index contributed by atoms with van der Waals surface area (Å²) < 4.78 is 24.3. The normalized spacial score (nSPS) is 12.0. The maximum atomic E-state index is 11.3. The molecule has 0 atom stereocenters. The molecule has 1 heterocycles. The Labute approximate surface area is 166 Å². The summed E-state index contributed by atoms with van der Waals surface area (Å²) >= 11 is 12.0. The molecular weight excluding hydrogens is 409 g/mol. The number of azo groups is 1. The number of aryl methyl sites for hydroxylation is 1. The van der Waals surface area contributed by atoms with Gasteiger partial charge in [-0.05, 0) is 56.3 Å². The van der Waals surface area contributed by atoms with E-state index in [1.54, 1.807) is 22.9 Å². The van der Waals surface area contributed by atoms with Crippen molar-refractivity contribution < 1.29 is 8.42 Å². The minimum atomic E-state index is -3.74. The van der Waals surface area contributed by atoms with Gasteiger partial charge in [0.1, 0.15) is 5.69 Å². The second-order valence-electron chi connectivity index (χ2n) is 5.77. The Kier molecular flexibility index (Phi) is 5.34. The van der Waals surface area contributed by atoms with E-state index < -0.39 is 10.0 Å². The summed E-state index contributed by atoms with van der Waals surface area (Å²) in [6.45, 7) is 3.68. The lowest BCUT2D eigenvalue weighted by atomic mass is 10.3. The van der Waals surface area contributed by atoms with Crippen molar-refractivity contribution in [1.29, 1.82) is 0 Å². The quantitative estimate of drug-likeness (QED) is 0.605. The number of nitrogens with two attached hydrogens (primary N) is 1. The van der Waals surface area contributed by atoms with Crippen LogP contribution in [0.25, 0.3) is 5.69 Å². The molecule has 2 N–H and O–H groups in total. The largest absolute Gasteiger partial charge is 0.238 e. The van der Waals surface area contributed by atoms with E-state index in [1.165, 1.54) is 24.3 Å². The van der Waals surface area contributed by atoms with Crippen LogP contribution in [0.2, 0.25) is 10.0 Å². The Bertz CT molecular complexity index is 1140. The highest BCUT2D eigenvalue weighted by Gasteiger charge is 2.14. The first-order valence-electron chi connectivity index (χ1n) is 7.73. The molecular formula is C17H15Cl2N5O2S. The molecule has 0 saturated carbocycles. The van der Waals surface area contributed by atoms with E-state index in [0.29, 0.717) is 27.1 Å². The third kappa shape index (κ3) is 4.19. The maximum Gasteiger partial charge on any atom is 0.238 e. The number of halogens is 2. The lowest BCUT2D eigenvalue weighted by Gasteiger charge is -2.05. The molecule has 0 unspecified atom stereocenters. The zero-order valence-corrected chi connectivity index (χ0v) is 16.7. The summed E-state index contributed by atoms with van der Waals surface area (Å²) in [5, 5.41) is 18.9. The Balaban J connectivity index is 1.93. The molecule has 0 aliphatic carbocycles. The molecule has 3 aromatic rings. The van der Waals surface area contributed by atoms with Crippen LogP contribution in [0.5, 0.6) is 0 Å². The van der Waals surface area contributed by atoms with E-state index in [0.717, 1.165) is 11.4 Å². The standard InChI is InChI=1S/C17H15Cl2N5O2S/c1-10-17(22-21-12-3-6-14(7-4-12)27(20,25)26)11(2)24(23-10)13-5-8-15(18)16(19)9-13/h3-9H,1-2H3,(H2,20,25,26). The van der Waals surface area contributed by atoms with E-state index >= 15 is 0 Å². The summed E-state index contributed by atoms with van der Waals surface area (Å²) in [6.07, 6.45) is 0. The van der Waals surface area contributed by atoms with Crippen molar-refractivity contribution in [3.8, 4) is 5.69 Å². The number of benzene rings is 2. The maximum absolute atomic E-state index is 11.3. The zero-order chi connectivity index (χ0) is 19.8. The lowest BCUT2D eigenvalue weighted by Crippen LogP contribution is -2.11. The summed E-state index contributed by atoms with van der Waals surface area (Å²) in [6, 6.07) is 11.0. The van der Waals surface area contributed by atoms with Crippen molar-refractivity contribution in [2.24, 2.45) is 15.4 Å². The number of rotatable bonds is 4. The number of hydrogen-bond donors (Lipinski definition) is 1. The van der Waals surface area contributed by atoms with Gasteiger partial charge in [0, 0.05) is 0 Å². The Hall–Kier alpha value is -2.26. The summed E-state index contributed by atoms with van der Waals surface area (Å²) in [5.74, 6) is 0. The molecule has 0 aliphatic rings. The Morgan fingerprint density at radius 1 is 1.00 bits per heavy atom. The van der Waals surface area contributed by atoms with Gasteiger partial charge in [-0.15, -0.1) is 5.11 Å². The lowest BCUT2D eigenvalue weighted by molar-refractivity contribution is 0.598. The van der Waals surface area contributed by atoms with Gasteiger partial charge in [-0.2, -0.15) is 10.2 Å². The highest BCUT2D eigenvalue weighted by atomic mass is 35.5. The van der Waals surface area contributed by atoms with Gasteiger partial charge in [0.2, 0.25) is 10.0 Å². The van der Waals surface area contributed by atoms with Gasteiger partial charge in [-0.3, -0.25) is 0 Å². The second-order valence-corrected chi connectivity index (χ2v) is 8.14. The van der Waals surface area contributed by atoms with E-state index in [2.05, 4.69) is 15.3 Å². The van der Waals surface area contributed by atoms with Gasteiger partial charge in [0.05, 0.1) is 37.7 Å². The Morgan fingerprint density at radius 3 is 2.26 bits per heavy atom. The molecule has 0 saturated heterocycles. The smallest absolute Gasteiger partial charge is 0.235 e. The van der Waals surface area contributed by atoms with Crippen LogP contribution in [0, 0.1) is 13.8 Å². The molecule has 0 aliphatic heterocycles. The average molecular weight is 424 g/mol. The van der Waals surface area contributed by atoms with Gasteiger partial charge in [0.15, 0.2) is 0 Å². The number of nitrogens with zero attached hydrogens (tertiary/aromatic N) is 4. The first-order valence-corrected chi connectivity index (χ1v) is 10.0. The molecule has 0 bridgehead atoms. The summed E-state index contributed by atoms with van der Waals surface area (Å²) in [5.41, 5.74) is 3.31. The number of primary sulfonamides is 1. The molecule has 10 heteroatoms. The van der Waals surface area contributed by atoms with Crippen molar-refractivity contribution in [2.45, 2.75) is 18.7 Å². The summed E-state index contributed by atoms with van der Waals surface area (Å²) in [7, 11) is -3.74. The van der Waals surface area contributed by atoms with Gasteiger partial charge >= 0.3 is 0 Å². The molecule has 0 radical (unpaired) electrons. The highest BCUT2D eigenvalue weighted by molar-refractivity contribution is 7.89.